The molecule has 2 heterocycles. The summed E-state index contributed by atoms with van der Waals surface area (Å²) in [5.41, 5.74) is 1.92. The zero-order chi connectivity index (χ0) is 22.4. The predicted octanol–water partition coefficient (Wildman–Crippen LogP) is 2.30. The number of nitrogens with one attached hydrogen (secondary N) is 1. The van der Waals surface area contributed by atoms with Crippen LogP contribution in [0.2, 0.25) is 5.02 Å². The zero-order valence-electron chi connectivity index (χ0n) is 17.6. The molecule has 0 aliphatic carbocycles. The molecule has 1 aliphatic rings. The van der Waals surface area contributed by atoms with Crippen molar-refractivity contribution in [3.05, 3.63) is 58.4 Å². The molecule has 1 aliphatic heterocycles. The number of rotatable bonds is 6. The summed E-state index contributed by atoms with van der Waals surface area (Å²) in [5.74, 6) is -1.09. The Morgan fingerprint density at radius 3 is 2.35 bits per heavy atom. The van der Waals surface area contributed by atoms with Crippen molar-refractivity contribution in [2.24, 2.45) is 0 Å². The molecule has 8 nitrogen and oxygen atoms in total. The third kappa shape index (κ3) is 5.73. The van der Waals surface area contributed by atoms with Crippen molar-refractivity contribution in [3.63, 3.8) is 0 Å². The van der Waals surface area contributed by atoms with E-state index in [9.17, 15) is 14.4 Å². The van der Waals surface area contributed by atoms with Crippen molar-refractivity contribution in [1.29, 1.82) is 0 Å². The lowest BCUT2D eigenvalue weighted by atomic mass is 10.2. The van der Waals surface area contributed by atoms with Crippen LogP contribution in [0.4, 0.5) is 5.69 Å². The molecule has 1 saturated heterocycles. The highest BCUT2D eigenvalue weighted by molar-refractivity contribution is 6.30. The minimum atomic E-state index is -0.479. The Hall–Kier alpha value is -3.13. The predicted molar refractivity (Wildman–Crippen MR) is 118 cm³/mol. The lowest BCUT2D eigenvalue weighted by Gasteiger charge is -2.36. The summed E-state index contributed by atoms with van der Waals surface area (Å²) < 4.78 is 4.96. The number of amides is 2. The van der Waals surface area contributed by atoms with E-state index in [-0.39, 0.29) is 24.8 Å². The molecule has 9 heteroatoms. The Morgan fingerprint density at radius 2 is 1.74 bits per heavy atom. The molecular formula is C22H25ClN4O4. The molecule has 0 radical (unpaired) electrons. The molecule has 1 fully saturated rings. The third-order valence-electron chi connectivity index (χ3n) is 5.04. The highest BCUT2D eigenvalue weighted by Crippen LogP contribution is 2.19. The van der Waals surface area contributed by atoms with Gasteiger partial charge in [0, 0.05) is 36.9 Å². The van der Waals surface area contributed by atoms with E-state index in [1.54, 1.807) is 18.7 Å². The number of nitrogens with zero attached hydrogens (tertiary/aromatic N) is 3. The van der Waals surface area contributed by atoms with Crippen molar-refractivity contribution >= 4 is 35.1 Å². The van der Waals surface area contributed by atoms with Gasteiger partial charge in [-0.3, -0.25) is 9.59 Å². The number of benzene rings is 1. The molecule has 3 rings (SSSR count). The molecule has 2 aromatic rings. The van der Waals surface area contributed by atoms with Gasteiger partial charge in [0.25, 0.3) is 5.91 Å². The van der Waals surface area contributed by atoms with Crippen molar-refractivity contribution < 1.29 is 19.1 Å². The molecule has 0 bridgehead atoms. The summed E-state index contributed by atoms with van der Waals surface area (Å²) in [4.78, 5) is 44.8. The van der Waals surface area contributed by atoms with Gasteiger partial charge in [0.1, 0.15) is 5.69 Å². The number of anilines is 1. The van der Waals surface area contributed by atoms with Crippen LogP contribution in [-0.4, -0.2) is 67.0 Å². The van der Waals surface area contributed by atoms with Crippen molar-refractivity contribution in [2.45, 2.75) is 13.8 Å². The number of pyridine rings is 1. The van der Waals surface area contributed by atoms with E-state index in [0.29, 0.717) is 42.5 Å². The summed E-state index contributed by atoms with van der Waals surface area (Å²) in [7, 11) is 0. The van der Waals surface area contributed by atoms with Crippen LogP contribution in [-0.2, 0) is 9.53 Å². The molecule has 0 saturated carbocycles. The van der Waals surface area contributed by atoms with Gasteiger partial charge in [-0.2, -0.15) is 0 Å². The number of aryl methyl sites for hydroxylation is 1. The van der Waals surface area contributed by atoms with Crippen LogP contribution in [0.15, 0.2) is 36.4 Å². The summed E-state index contributed by atoms with van der Waals surface area (Å²) >= 11 is 5.93. The SMILES string of the molecule is CCOC(=O)c1ccc(C(=O)NCC(=O)N2CCN(c3ccc(Cl)cc3)CC2)nc1C. The number of carbonyl (C=O) groups is 3. The Kier molecular flexibility index (Phi) is 7.46. The molecule has 1 N–H and O–H groups in total. The molecule has 0 atom stereocenters. The first-order valence-corrected chi connectivity index (χ1v) is 10.5. The lowest BCUT2D eigenvalue weighted by Crippen LogP contribution is -2.51. The molecule has 1 aromatic heterocycles. The maximum Gasteiger partial charge on any atom is 0.339 e. The van der Waals surface area contributed by atoms with Gasteiger partial charge in [-0.15, -0.1) is 0 Å². The first-order valence-electron chi connectivity index (χ1n) is 10.1. The van der Waals surface area contributed by atoms with Crippen LogP contribution in [0.5, 0.6) is 0 Å². The minimum absolute atomic E-state index is 0.111. The molecule has 0 spiro atoms. The number of ether oxygens (including phenoxy) is 1. The lowest BCUT2D eigenvalue weighted by molar-refractivity contribution is -0.130. The van der Waals surface area contributed by atoms with Crippen LogP contribution in [0.3, 0.4) is 0 Å². The van der Waals surface area contributed by atoms with Crippen LogP contribution >= 0.6 is 11.6 Å². The first kappa shape index (κ1) is 22.6. The summed E-state index contributed by atoms with van der Waals surface area (Å²) in [5, 5.41) is 3.30. The third-order valence-corrected chi connectivity index (χ3v) is 5.29. The number of halogens is 1. The summed E-state index contributed by atoms with van der Waals surface area (Å²) in [6.45, 7) is 6.06. The maximum atomic E-state index is 12.5. The van der Waals surface area contributed by atoms with E-state index in [1.165, 1.54) is 12.1 Å². The second-order valence-electron chi connectivity index (χ2n) is 7.08. The molecular weight excluding hydrogens is 420 g/mol. The zero-order valence-corrected chi connectivity index (χ0v) is 18.3. The number of piperazine rings is 1. The summed E-state index contributed by atoms with van der Waals surface area (Å²) in [6.07, 6.45) is 0. The highest BCUT2D eigenvalue weighted by atomic mass is 35.5. The van der Waals surface area contributed by atoms with Crippen LogP contribution < -0.4 is 10.2 Å². The van der Waals surface area contributed by atoms with Gasteiger partial charge in [-0.1, -0.05) is 11.6 Å². The van der Waals surface area contributed by atoms with Gasteiger partial charge in [0.15, 0.2) is 0 Å². The normalized spacial score (nSPS) is 13.6. The van der Waals surface area contributed by atoms with E-state index >= 15 is 0 Å². The molecule has 1 aromatic carbocycles. The Morgan fingerprint density at radius 1 is 1.06 bits per heavy atom. The van der Waals surface area contributed by atoms with Crippen molar-refractivity contribution in [2.75, 3.05) is 44.2 Å². The standard InChI is InChI=1S/C22H25ClN4O4/c1-3-31-22(30)18-8-9-19(25-15(18)2)21(29)24-14-20(28)27-12-10-26(11-13-27)17-6-4-16(23)5-7-17/h4-9H,3,10-14H2,1-2H3,(H,24,29). The van der Waals surface area contributed by atoms with Gasteiger partial charge in [-0.25, -0.2) is 9.78 Å². The fourth-order valence-corrected chi connectivity index (χ4v) is 3.46. The largest absolute Gasteiger partial charge is 0.462 e. The Labute approximate surface area is 186 Å². The van der Waals surface area contributed by atoms with E-state index in [2.05, 4.69) is 15.2 Å². The quantitative estimate of drug-likeness (QED) is 0.687. The molecule has 2 amide bonds. The van der Waals surface area contributed by atoms with Gasteiger partial charge in [0.2, 0.25) is 5.91 Å². The number of hydrogen-bond donors (Lipinski definition) is 1. The highest BCUT2D eigenvalue weighted by Gasteiger charge is 2.22. The fourth-order valence-electron chi connectivity index (χ4n) is 3.34. The van der Waals surface area contributed by atoms with E-state index in [4.69, 9.17) is 16.3 Å². The number of hydrogen-bond acceptors (Lipinski definition) is 6. The Bertz CT molecular complexity index is 956. The van der Waals surface area contributed by atoms with Crippen LogP contribution in [0.1, 0.15) is 33.5 Å². The Balaban J connectivity index is 1.49. The second kappa shape index (κ2) is 10.3. The number of aromatic nitrogens is 1. The van der Waals surface area contributed by atoms with E-state index in [1.807, 2.05) is 24.3 Å². The van der Waals surface area contributed by atoms with Crippen molar-refractivity contribution in [3.8, 4) is 0 Å². The van der Waals surface area contributed by atoms with Gasteiger partial charge in [0.05, 0.1) is 24.4 Å². The van der Waals surface area contributed by atoms with E-state index in [0.717, 1.165) is 5.69 Å². The molecule has 164 valence electrons. The number of carbonyl (C=O) groups excluding carboxylic acids is 3. The minimum Gasteiger partial charge on any atom is -0.462 e. The smallest absolute Gasteiger partial charge is 0.339 e. The average molecular weight is 445 g/mol. The topological polar surface area (TPSA) is 91.8 Å². The van der Waals surface area contributed by atoms with Gasteiger partial charge < -0.3 is 19.9 Å². The van der Waals surface area contributed by atoms with Crippen molar-refractivity contribution in [1.82, 2.24) is 15.2 Å². The maximum absolute atomic E-state index is 12.5. The number of esters is 1. The second-order valence-corrected chi connectivity index (χ2v) is 7.51. The molecule has 31 heavy (non-hydrogen) atoms. The van der Waals surface area contributed by atoms with Crippen LogP contribution in [0.25, 0.3) is 0 Å². The van der Waals surface area contributed by atoms with Gasteiger partial charge in [-0.05, 0) is 50.2 Å². The molecule has 0 unspecified atom stereocenters. The van der Waals surface area contributed by atoms with Crippen LogP contribution in [0, 0.1) is 6.92 Å². The van der Waals surface area contributed by atoms with E-state index < -0.39 is 11.9 Å². The fraction of sp³-hybridized carbons (Fsp3) is 0.364. The summed E-state index contributed by atoms with van der Waals surface area (Å²) in [6, 6.07) is 10.6. The monoisotopic (exact) mass is 444 g/mol. The first-order chi connectivity index (χ1) is 14.9. The average Bonchev–Trinajstić information content (AvgIpc) is 2.78. The van der Waals surface area contributed by atoms with Gasteiger partial charge >= 0.3 is 5.97 Å².